The molecule has 2 heterocycles. The highest BCUT2D eigenvalue weighted by Gasteiger charge is 2.24. The number of carbonyl (C=O) groups excluding carboxylic acids is 2. The molecule has 2 N–H and O–H groups in total. The summed E-state index contributed by atoms with van der Waals surface area (Å²) in [6.07, 6.45) is -0.000368. The zero-order valence-corrected chi connectivity index (χ0v) is 15.8. The molecule has 0 aromatic heterocycles. The number of para-hydroxylation sites is 4. The first-order valence-electron chi connectivity index (χ1n) is 9.52. The molecule has 0 aliphatic carbocycles. The Bertz CT molecular complexity index is 887. The van der Waals surface area contributed by atoms with Crippen molar-refractivity contribution in [3.8, 4) is 23.0 Å². The van der Waals surface area contributed by atoms with Crippen LogP contribution >= 0.6 is 0 Å². The van der Waals surface area contributed by atoms with Crippen molar-refractivity contribution in [3.05, 3.63) is 48.5 Å². The lowest BCUT2D eigenvalue weighted by Gasteiger charge is -2.26. The first-order valence-corrected chi connectivity index (χ1v) is 9.52. The lowest BCUT2D eigenvalue weighted by Crippen LogP contribution is -2.46. The largest absolute Gasteiger partial charge is 0.486 e. The number of nitrogens with one attached hydrogen (secondary N) is 2. The molecule has 2 aromatic rings. The van der Waals surface area contributed by atoms with Crippen LogP contribution in [0.15, 0.2) is 48.5 Å². The number of rotatable bonds is 5. The summed E-state index contributed by atoms with van der Waals surface area (Å²) in [5.41, 5.74) is 0. The summed E-state index contributed by atoms with van der Waals surface area (Å²) in [7, 11) is 0. The third kappa shape index (κ3) is 4.71. The van der Waals surface area contributed by atoms with Crippen molar-refractivity contribution in [2.24, 2.45) is 0 Å². The maximum atomic E-state index is 12.0. The Labute approximate surface area is 168 Å². The number of ether oxygens (including phenoxy) is 4. The van der Waals surface area contributed by atoms with Crippen LogP contribution in [-0.2, 0) is 9.59 Å². The summed E-state index contributed by atoms with van der Waals surface area (Å²) >= 11 is 0. The number of fused-ring (bicyclic) bond motifs is 2. The van der Waals surface area contributed by atoms with Gasteiger partial charge in [-0.25, -0.2) is 0 Å². The Morgan fingerprint density at radius 3 is 1.93 bits per heavy atom. The molecule has 0 radical (unpaired) electrons. The Balaban J connectivity index is 1.16. The van der Waals surface area contributed by atoms with Crippen LogP contribution in [0.5, 0.6) is 23.0 Å². The van der Waals surface area contributed by atoms with E-state index in [4.69, 9.17) is 18.9 Å². The minimum Gasteiger partial charge on any atom is -0.486 e. The van der Waals surface area contributed by atoms with Crippen molar-refractivity contribution >= 4 is 11.8 Å². The molecular weight excluding hydrogens is 376 g/mol. The molecule has 2 aliphatic heterocycles. The van der Waals surface area contributed by atoms with Gasteiger partial charge in [0.05, 0.1) is 6.54 Å². The molecule has 4 rings (SSSR count). The van der Waals surface area contributed by atoms with E-state index in [-0.39, 0.29) is 18.8 Å². The van der Waals surface area contributed by atoms with Crippen LogP contribution in [0.25, 0.3) is 0 Å². The summed E-state index contributed by atoms with van der Waals surface area (Å²) in [6.45, 7) is 1.19. The van der Waals surface area contributed by atoms with E-state index in [1.165, 1.54) is 0 Å². The van der Waals surface area contributed by atoms with Gasteiger partial charge in [0.25, 0.3) is 0 Å². The average Bonchev–Trinajstić information content (AvgIpc) is 2.77. The van der Waals surface area contributed by atoms with Gasteiger partial charge in [-0.2, -0.15) is 0 Å². The molecule has 0 bridgehead atoms. The van der Waals surface area contributed by atoms with E-state index >= 15 is 0 Å². The van der Waals surface area contributed by atoms with Gasteiger partial charge in [0, 0.05) is 13.0 Å². The van der Waals surface area contributed by atoms with Gasteiger partial charge in [-0.3, -0.25) is 9.59 Å². The second-order valence-electron chi connectivity index (χ2n) is 6.75. The molecule has 2 aliphatic rings. The normalized spacial score (nSPS) is 19.2. The van der Waals surface area contributed by atoms with Gasteiger partial charge < -0.3 is 29.6 Å². The molecule has 2 aromatic carbocycles. The fourth-order valence-corrected chi connectivity index (χ4v) is 3.08. The number of hydrogen-bond donors (Lipinski definition) is 2. The van der Waals surface area contributed by atoms with E-state index in [0.29, 0.717) is 49.2 Å². The quantitative estimate of drug-likeness (QED) is 0.737. The summed E-state index contributed by atoms with van der Waals surface area (Å²) in [5, 5.41) is 5.17. The SMILES string of the molecule is O=C(NCC[C@H]1COc2ccccc2O1)C(=O)NC[C@H]1COc2ccccc2O1. The third-order valence-corrected chi connectivity index (χ3v) is 4.58. The third-order valence-electron chi connectivity index (χ3n) is 4.58. The summed E-state index contributed by atoms with van der Waals surface area (Å²) in [5.74, 6) is 1.29. The highest BCUT2D eigenvalue weighted by atomic mass is 16.6. The Morgan fingerprint density at radius 1 is 0.759 bits per heavy atom. The monoisotopic (exact) mass is 398 g/mol. The predicted molar refractivity (Wildman–Crippen MR) is 103 cm³/mol. The lowest BCUT2D eigenvalue weighted by atomic mass is 10.2. The van der Waals surface area contributed by atoms with Gasteiger partial charge in [0.2, 0.25) is 0 Å². The van der Waals surface area contributed by atoms with Crippen molar-refractivity contribution < 1.29 is 28.5 Å². The van der Waals surface area contributed by atoms with E-state index in [1.807, 2.05) is 42.5 Å². The predicted octanol–water partition coefficient (Wildman–Crippen LogP) is 1.29. The molecule has 152 valence electrons. The topological polar surface area (TPSA) is 95.1 Å². The van der Waals surface area contributed by atoms with E-state index in [9.17, 15) is 9.59 Å². The molecule has 2 amide bonds. The van der Waals surface area contributed by atoms with E-state index in [0.717, 1.165) is 0 Å². The van der Waals surface area contributed by atoms with Crippen molar-refractivity contribution in [1.82, 2.24) is 10.6 Å². The van der Waals surface area contributed by atoms with E-state index < -0.39 is 11.8 Å². The number of hydrogen-bond acceptors (Lipinski definition) is 6. The molecule has 0 spiro atoms. The molecule has 0 unspecified atom stereocenters. The zero-order valence-electron chi connectivity index (χ0n) is 15.8. The molecule has 0 saturated heterocycles. The summed E-state index contributed by atoms with van der Waals surface area (Å²) < 4.78 is 22.8. The first-order chi connectivity index (χ1) is 14.2. The molecule has 8 heteroatoms. The van der Waals surface area contributed by atoms with Gasteiger partial charge in [0.15, 0.2) is 23.0 Å². The fourth-order valence-electron chi connectivity index (χ4n) is 3.08. The number of carbonyl (C=O) groups is 2. The first kappa shape index (κ1) is 18.9. The van der Waals surface area contributed by atoms with Crippen molar-refractivity contribution in [2.75, 3.05) is 26.3 Å². The number of benzene rings is 2. The van der Waals surface area contributed by atoms with Crippen LogP contribution in [0.4, 0.5) is 0 Å². The summed E-state index contributed by atoms with van der Waals surface area (Å²) in [6, 6.07) is 14.7. The van der Waals surface area contributed by atoms with Crippen LogP contribution in [0.2, 0.25) is 0 Å². The molecule has 2 atom stereocenters. The van der Waals surface area contributed by atoms with Crippen LogP contribution < -0.4 is 29.6 Å². The maximum absolute atomic E-state index is 12.0. The van der Waals surface area contributed by atoms with Crippen LogP contribution in [-0.4, -0.2) is 50.3 Å². The van der Waals surface area contributed by atoms with Crippen molar-refractivity contribution in [2.45, 2.75) is 18.6 Å². The smallest absolute Gasteiger partial charge is 0.309 e. The van der Waals surface area contributed by atoms with E-state index in [2.05, 4.69) is 10.6 Å². The molecule has 0 fully saturated rings. The van der Waals surface area contributed by atoms with Gasteiger partial charge in [-0.15, -0.1) is 0 Å². The molecule has 29 heavy (non-hydrogen) atoms. The maximum Gasteiger partial charge on any atom is 0.309 e. The second kappa shape index (κ2) is 8.72. The van der Waals surface area contributed by atoms with Crippen molar-refractivity contribution in [1.29, 1.82) is 0 Å². The summed E-state index contributed by atoms with van der Waals surface area (Å²) in [4.78, 5) is 24.0. The highest BCUT2D eigenvalue weighted by molar-refractivity contribution is 6.35. The van der Waals surface area contributed by atoms with Crippen LogP contribution in [0.1, 0.15) is 6.42 Å². The van der Waals surface area contributed by atoms with Gasteiger partial charge in [0.1, 0.15) is 25.4 Å². The van der Waals surface area contributed by atoms with Crippen LogP contribution in [0, 0.1) is 0 Å². The standard InChI is InChI=1S/C21H22N2O6/c24-20(22-10-9-14-12-26-16-5-1-3-7-18(16)28-14)21(25)23-11-15-13-27-17-6-2-4-8-19(17)29-15/h1-8,14-15H,9-13H2,(H,22,24)(H,23,25)/t14-,15-/m0/s1. The minimum atomic E-state index is -0.710. The second-order valence-corrected chi connectivity index (χ2v) is 6.75. The minimum absolute atomic E-state index is 0.178. The van der Waals surface area contributed by atoms with Crippen LogP contribution in [0.3, 0.4) is 0 Å². The van der Waals surface area contributed by atoms with Gasteiger partial charge in [-0.05, 0) is 24.3 Å². The van der Waals surface area contributed by atoms with E-state index in [1.54, 1.807) is 6.07 Å². The van der Waals surface area contributed by atoms with Gasteiger partial charge >= 0.3 is 11.8 Å². The molecule has 0 saturated carbocycles. The Morgan fingerprint density at radius 2 is 1.28 bits per heavy atom. The Hall–Kier alpha value is -3.42. The molecular formula is C21H22N2O6. The number of amides is 2. The van der Waals surface area contributed by atoms with Gasteiger partial charge in [-0.1, -0.05) is 24.3 Å². The highest BCUT2D eigenvalue weighted by Crippen LogP contribution is 2.32. The Kier molecular flexibility index (Phi) is 5.69. The zero-order chi connectivity index (χ0) is 20.1. The molecule has 8 nitrogen and oxygen atoms in total. The fraction of sp³-hybridized carbons (Fsp3) is 0.333. The lowest BCUT2D eigenvalue weighted by molar-refractivity contribution is -0.139. The average molecular weight is 398 g/mol. The van der Waals surface area contributed by atoms with Crippen molar-refractivity contribution in [3.63, 3.8) is 0 Å².